The van der Waals surface area contributed by atoms with Crippen LogP contribution in [0, 0.1) is 6.92 Å². The van der Waals surface area contributed by atoms with Gasteiger partial charge in [-0.15, -0.1) is 0 Å². The second-order valence-corrected chi connectivity index (χ2v) is 6.27. The largest absolute Gasteiger partial charge is 0.329 e. The molecule has 0 unspecified atom stereocenters. The Morgan fingerprint density at radius 2 is 1.56 bits per heavy atom. The van der Waals surface area contributed by atoms with Gasteiger partial charge in [0, 0.05) is 17.2 Å². The second kappa shape index (κ2) is 4.23. The molecule has 0 N–H and O–H groups in total. The highest BCUT2D eigenvalue weighted by atomic mass is 15.1. The Balaban J connectivity index is 3.44. The molecule has 0 aliphatic carbocycles. The predicted molar refractivity (Wildman–Crippen MR) is 70.1 cm³/mol. The number of hydrogen-bond donors (Lipinski definition) is 0. The molecular formula is C14H26N2. The molecule has 0 aliphatic rings. The van der Waals surface area contributed by atoms with Crippen LogP contribution in [0.15, 0.2) is 0 Å². The van der Waals surface area contributed by atoms with Gasteiger partial charge in [0.15, 0.2) is 0 Å². The third-order valence-electron chi connectivity index (χ3n) is 2.92. The molecule has 0 saturated carbocycles. The summed E-state index contributed by atoms with van der Waals surface area (Å²) in [6, 6.07) is 0.481. The maximum atomic E-state index is 4.86. The summed E-state index contributed by atoms with van der Waals surface area (Å²) in [6.45, 7) is 17.8. The summed E-state index contributed by atoms with van der Waals surface area (Å²) in [5.41, 5.74) is 2.69. The second-order valence-electron chi connectivity index (χ2n) is 6.27. The maximum absolute atomic E-state index is 4.86. The molecular weight excluding hydrogens is 196 g/mol. The minimum Gasteiger partial charge on any atom is -0.329 e. The maximum Gasteiger partial charge on any atom is 0.114 e. The number of rotatable bonds is 2. The van der Waals surface area contributed by atoms with E-state index in [2.05, 4.69) is 60.0 Å². The van der Waals surface area contributed by atoms with Crippen molar-refractivity contribution in [2.24, 2.45) is 0 Å². The third-order valence-corrected chi connectivity index (χ3v) is 2.92. The first-order valence-corrected chi connectivity index (χ1v) is 6.25. The van der Waals surface area contributed by atoms with Gasteiger partial charge in [-0.1, -0.05) is 34.6 Å². The SMILES string of the molecule is Cc1c(C(C)C)nc(C(C)(C)C)n1C(C)C. The molecule has 0 bridgehead atoms. The Morgan fingerprint density at radius 1 is 1.06 bits per heavy atom. The Morgan fingerprint density at radius 3 is 1.81 bits per heavy atom. The van der Waals surface area contributed by atoms with E-state index >= 15 is 0 Å². The van der Waals surface area contributed by atoms with E-state index in [-0.39, 0.29) is 5.41 Å². The average Bonchev–Trinajstić information content (AvgIpc) is 2.41. The fourth-order valence-corrected chi connectivity index (χ4v) is 2.24. The Bertz CT molecular complexity index is 365. The Hall–Kier alpha value is -0.790. The summed E-state index contributed by atoms with van der Waals surface area (Å²) >= 11 is 0. The van der Waals surface area contributed by atoms with Crippen molar-refractivity contribution in [1.82, 2.24) is 9.55 Å². The first kappa shape index (κ1) is 13.3. The van der Waals surface area contributed by atoms with Gasteiger partial charge >= 0.3 is 0 Å². The van der Waals surface area contributed by atoms with Gasteiger partial charge in [-0.05, 0) is 26.7 Å². The molecule has 0 fully saturated rings. The normalized spacial score (nSPS) is 12.9. The van der Waals surface area contributed by atoms with Crippen LogP contribution in [-0.2, 0) is 5.41 Å². The monoisotopic (exact) mass is 222 g/mol. The van der Waals surface area contributed by atoms with Gasteiger partial charge in [0.2, 0.25) is 0 Å². The van der Waals surface area contributed by atoms with Crippen molar-refractivity contribution in [3.63, 3.8) is 0 Å². The van der Waals surface area contributed by atoms with Crippen molar-refractivity contribution in [3.05, 3.63) is 17.2 Å². The quantitative estimate of drug-likeness (QED) is 0.733. The molecule has 92 valence electrons. The highest BCUT2D eigenvalue weighted by Crippen LogP contribution is 2.30. The number of imidazole rings is 1. The summed E-state index contributed by atoms with van der Waals surface area (Å²) in [5, 5.41) is 0. The van der Waals surface area contributed by atoms with Crippen molar-refractivity contribution in [2.45, 2.75) is 72.8 Å². The lowest BCUT2D eigenvalue weighted by Gasteiger charge is -2.23. The van der Waals surface area contributed by atoms with Crippen LogP contribution in [0.3, 0.4) is 0 Å². The van der Waals surface area contributed by atoms with E-state index in [9.17, 15) is 0 Å². The lowest BCUT2D eigenvalue weighted by molar-refractivity contribution is 0.463. The summed E-state index contributed by atoms with van der Waals surface area (Å²) < 4.78 is 2.38. The molecule has 2 heteroatoms. The van der Waals surface area contributed by atoms with E-state index in [0.717, 1.165) is 0 Å². The topological polar surface area (TPSA) is 17.8 Å². The van der Waals surface area contributed by atoms with E-state index in [1.807, 2.05) is 0 Å². The number of nitrogens with zero attached hydrogens (tertiary/aromatic N) is 2. The summed E-state index contributed by atoms with van der Waals surface area (Å²) in [6.07, 6.45) is 0. The first-order valence-electron chi connectivity index (χ1n) is 6.25. The van der Waals surface area contributed by atoms with Crippen LogP contribution in [0.4, 0.5) is 0 Å². The fraction of sp³-hybridized carbons (Fsp3) is 0.786. The molecule has 1 aromatic heterocycles. The van der Waals surface area contributed by atoms with Gasteiger partial charge in [0.05, 0.1) is 5.69 Å². The van der Waals surface area contributed by atoms with Crippen molar-refractivity contribution in [1.29, 1.82) is 0 Å². The highest BCUT2D eigenvalue weighted by molar-refractivity contribution is 5.23. The van der Waals surface area contributed by atoms with Crippen LogP contribution in [-0.4, -0.2) is 9.55 Å². The first-order chi connectivity index (χ1) is 7.16. The lowest BCUT2D eigenvalue weighted by atomic mass is 9.95. The van der Waals surface area contributed by atoms with Gasteiger partial charge in [-0.3, -0.25) is 0 Å². The van der Waals surface area contributed by atoms with Crippen LogP contribution in [0.25, 0.3) is 0 Å². The summed E-state index contributed by atoms with van der Waals surface area (Å²) in [4.78, 5) is 4.86. The molecule has 0 radical (unpaired) electrons. The summed E-state index contributed by atoms with van der Waals surface area (Å²) in [7, 11) is 0. The molecule has 1 aromatic rings. The van der Waals surface area contributed by atoms with Crippen molar-refractivity contribution in [2.75, 3.05) is 0 Å². The average molecular weight is 222 g/mol. The predicted octanol–water partition coefficient (Wildman–Crippen LogP) is 4.19. The van der Waals surface area contributed by atoms with Gasteiger partial charge in [-0.2, -0.15) is 0 Å². The van der Waals surface area contributed by atoms with Crippen molar-refractivity contribution >= 4 is 0 Å². The van der Waals surface area contributed by atoms with E-state index in [1.54, 1.807) is 0 Å². The van der Waals surface area contributed by atoms with Crippen LogP contribution in [0.2, 0.25) is 0 Å². The Labute approximate surface area is 100 Å². The van der Waals surface area contributed by atoms with E-state index in [1.165, 1.54) is 17.2 Å². The molecule has 2 nitrogen and oxygen atoms in total. The molecule has 0 amide bonds. The van der Waals surface area contributed by atoms with Gasteiger partial charge < -0.3 is 4.57 Å². The molecule has 1 heterocycles. The highest BCUT2D eigenvalue weighted by Gasteiger charge is 2.26. The van der Waals surface area contributed by atoms with Gasteiger partial charge in [0.25, 0.3) is 0 Å². The zero-order chi connectivity index (χ0) is 12.7. The lowest BCUT2D eigenvalue weighted by Crippen LogP contribution is -2.20. The molecule has 0 aliphatic heterocycles. The van der Waals surface area contributed by atoms with Crippen LogP contribution < -0.4 is 0 Å². The zero-order valence-corrected chi connectivity index (χ0v) is 12.0. The zero-order valence-electron chi connectivity index (χ0n) is 12.0. The van der Waals surface area contributed by atoms with E-state index < -0.39 is 0 Å². The molecule has 0 atom stereocenters. The van der Waals surface area contributed by atoms with Crippen LogP contribution >= 0.6 is 0 Å². The van der Waals surface area contributed by atoms with Crippen molar-refractivity contribution < 1.29 is 0 Å². The van der Waals surface area contributed by atoms with E-state index in [4.69, 9.17) is 4.98 Å². The number of hydrogen-bond acceptors (Lipinski definition) is 1. The van der Waals surface area contributed by atoms with Gasteiger partial charge in [0.1, 0.15) is 5.82 Å². The third kappa shape index (κ3) is 2.31. The summed E-state index contributed by atoms with van der Waals surface area (Å²) in [5.74, 6) is 1.71. The van der Waals surface area contributed by atoms with Crippen molar-refractivity contribution in [3.8, 4) is 0 Å². The molecule has 0 aromatic carbocycles. The fourth-order valence-electron chi connectivity index (χ4n) is 2.24. The smallest absolute Gasteiger partial charge is 0.114 e. The standard InChI is InChI=1S/C14H26N2/c1-9(2)12-11(5)16(10(3)4)13(15-12)14(6,7)8/h9-10H,1-8H3. The molecule has 1 rings (SSSR count). The van der Waals surface area contributed by atoms with Crippen LogP contribution in [0.5, 0.6) is 0 Å². The molecule has 16 heavy (non-hydrogen) atoms. The van der Waals surface area contributed by atoms with Gasteiger partial charge in [-0.25, -0.2) is 4.98 Å². The minimum atomic E-state index is 0.113. The molecule has 0 saturated heterocycles. The van der Waals surface area contributed by atoms with E-state index in [0.29, 0.717) is 12.0 Å². The molecule has 0 spiro atoms. The number of aromatic nitrogens is 2. The van der Waals surface area contributed by atoms with Crippen LogP contribution in [0.1, 0.15) is 77.6 Å². The minimum absolute atomic E-state index is 0.113. The Kier molecular flexibility index (Phi) is 3.51.